The summed E-state index contributed by atoms with van der Waals surface area (Å²) in [5, 5.41) is 3.92. The maximum Gasteiger partial charge on any atom is 0.243 e. The summed E-state index contributed by atoms with van der Waals surface area (Å²) in [4.78, 5) is 27.9. The monoisotopic (exact) mass is 478 g/mol. The van der Waals surface area contributed by atoms with Crippen molar-refractivity contribution in [3.63, 3.8) is 0 Å². The summed E-state index contributed by atoms with van der Waals surface area (Å²) in [6.45, 7) is 8.19. The number of carbonyl (C=O) groups excluding carboxylic acids is 2. The largest absolute Gasteiger partial charge is 0.494 e. The van der Waals surface area contributed by atoms with Gasteiger partial charge in [-0.3, -0.25) is 9.59 Å². The SMILES string of the molecule is CC[C@H](C(=O)NC(C)(C)C)N(Cc1c(Cl)cccc1Cl)C(=O)CCCOc1ccccc1. The van der Waals surface area contributed by atoms with Crippen molar-refractivity contribution in [2.24, 2.45) is 0 Å². The van der Waals surface area contributed by atoms with Crippen LogP contribution >= 0.6 is 23.2 Å². The van der Waals surface area contributed by atoms with Gasteiger partial charge in [-0.05, 0) is 57.9 Å². The Morgan fingerprint density at radius 1 is 1.03 bits per heavy atom. The number of amides is 2. The lowest BCUT2D eigenvalue weighted by Gasteiger charge is -2.33. The molecule has 1 N–H and O–H groups in total. The van der Waals surface area contributed by atoms with Crippen LogP contribution in [0.5, 0.6) is 5.75 Å². The molecule has 2 amide bonds. The lowest BCUT2D eigenvalue weighted by atomic mass is 10.0. The van der Waals surface area contributed by atoms with Crippen molar-refractivity contribution in [3.05, 3.63) is 64.1 Å². The average molecular weight is 479 g/mol. The highest BCUT2D eigenvalue weighted by Gasteiger charge is 2.31. The van der Waals surface area contributed by atoms with Gasteiger partial charge in [-0.2, -0.15) is 0 Å². The Kier molecular flexibility index (Phi) is 9.85. The summed E-state index contributed by atoms with van der Waals surface area (Å²) in [7, 11) is 0. The van der Waals surface area contributed by atoms with E-state index < -0.39 is 11.6 Å². The van der Waals surface area contributed by atoms with Gasteiger partial charge in [0.05, 0.1) is 6.61 Å². The Morgan fingerprint density at radius 3 is 2.22 bits per heavy atom. The number of carbonyl (C=O) groups is 2. The van der Waals surface area contributed by atoms with E-state index in [9.17, 15) is 9.59 Å². The second-order valence-electron chi connectivity index (χ2n) is 8.65. The van der Waals surface area contributed by atoms with Crippen LogP contribution < -0.4 is 10.1 Å². The Balaban J connectivity index is 2.16. The molecule has 0 aliphatic heterocycles. The van der Waals surface area contributed by atoms with Crippen molar-refractivity contribution in [1.29, 1.82) is 0 Å². The van der Waals surface area contributed by atoms with Crippen LogP contribution in [0.1, 0.15) is 52.5 Å². The fourth-order valence-electron chi connectivity index (χ4n) is 3.30. The van der Waals surface area contributed by atoms with Crippen LogP contribution in [-0.2, 0) is 16.1 Å². The highest BCUT2D eigenvalue weighted by atomic mass is 35.5. The summed E-state index contributed by atoms with van der Waals surface area (Å²) in [6.07, 6.45) is 1.24. The van der Waals surface area contributed by atoms with E-state index >= 15 is 0 Å². The number of halogens is 2. The van der Waals surface area contributed by atoms with Crippen LogP contribution in [0.25, 0.3) is 0 Å². The van der Waals surface area contributed by atoms with E-state index in [-0.39, 0.29) is 24.8 Å². The average Bonchev–Trinajstić information content (AvgIpc) is 2.72. The minimum atomic E-state index is -0.635. The summed E-state index contributed by atoms with van der Waals surface area (Å²) >= 11 is 12.7. The van der Waals surface area contributed by atoms with E-state index in [1.807, 2.05) is 58.0 Å². The predicted molar refractivity (Wildman–Crippen MR) is 130 cm³/mol. The lowest BCUT2D eigenvalue weighted by molar-refractivity contribution is -0.142. The quantitative estimate of drug-likeness (QED) is 0.434. The molecule has 174 valence electrons. The van der Waals surface area contributed by atoms with E-state index in [1.54, 1.807) is 23.1 Å². The number of nitrogens with zero attached hydrogens (tertiary/aromatic N) is 1. The Bertz CT molecular complexity index is 878. The first-order chi connectivity index (χ1) is 15.1. The fraction of sp³-hybridized carbons (Fsp3) is 0.440. The van der Waals surface area contributed by atoms with E-state index in [0.717, 1.165) is 5.75 Å². The van der Waals surface area contributed by atoms with E-state index in [0.29, 0.717) is 35.1 Å². The molecule has 0 bridgehead atoms. The highest BCUT2D eigenvalue weighted by molar-refractivity contribution is 6.36. The van der Waals surface area contributed by atoms with Gasteiger partial charge in [-0.15, -0.1) is 0 Å². The van der Waals surface area contributed by atoms with Crippen LogP contribution in [0.4, 0.5) is 0 Å². The molecule has 0 aromatic heterocycles. The molecule has 32 heavy (non-hydrogen) atoms. The molecule has 0 saturated carbocycles. The number of ether oxygens (including phenoxy) is 1. The molecule has 1 atom stereocenters. The maximum atomic E-state index is 13.3. The second kappa shape index (κ2) is 12.1. The zero-order valence-corrected chi connectivity index (χ0v) is 20.7. The van der Waals surface area contributed by atoms with Crippen molar-refractivity contribution >= 4 is 35.0 Å². The van der Waals surface area contributed by atoms with Gasteiger partial charge in [0.2, 0.25) is 11.8 Å². The van der Waals surface area contributed by atoms with Gasteiger partial charge in [0.1, 0.15) is 11.8 Å². The van der Waals surface area contributed by atoms with Crippen molar-refractivity contribution in [2.45, 2.75) is 65.1 Å². The van der Waals surface area contributed by atoms with Crippen LogP contribution in [0, 0.1) is 0 Å². The van der Waals surface area contributed by atoms with E-state index in [1.165, 1.54) is 0 Å². The van der Waals surface area contributed by atoms with Gasteiger partial charge in [-0.1, -0.05) is 54.4 Å². The summed E-state index contributed by atoms with van der Waals surface area (Å²) in [5.41, 5.74) is 0.219. The predicted octanol–water partition coefficient (Wildman–Crippen LogP) is 5.87. The first-order valence-corrected chi connectivity index (χ1v) is 11.6. The van der Waals surface area contributed by atoms with Gasteiger partial charge in [0.25, 0.3) is 0 Å². The molecule has 2 rings (SSSR count). The third-order valence-electron chi connectivity index (χ3n) is 4.82. The van der Waals surface area contributed by atoms with Gasteiger partial charge in [-0.25, -0.2) is 0 Å². The first-order valence-electron chi connectivity index (χ1n) is 10.8. The second-order valence-corrected chi connectivity index (χ2v) is 9.46. The molecule has 0 unspecified atom stereocenters. The van der Waals surface area contributed by atoms with Crippen LogP contribution in [0.3, 0.4) is 0 Å². The number of hydrogen-bond acceptors (Lipinski definition) is 3. The molecular weight excluding hydrogens is 447 g/mol. The molecule has 0 aliphatic rings. The van der Waals surface area contributed by atoms with Gasteiger partial charge >= 0.3 is 0 Å². The molecule has 0 fully saturated rings. The molecule has 0 spiro atoms. The number of nitrogens with one attached hydrogen (secondary N) is 1. The normalized spacial score (nSPS) is 12.2. The number of benzene rings is 2. The lowest BCUT2D eigenvalue weighted by Crippen LogP contribution is -2.53. The molecule has 5 nitrogen and oxygen atoms in total. The molecule has 7 heteroatoms. The van der Waals surface area contributed by atoms with Crippen molar-refractivity contribution in [2.75, 3.05) is 6.61 Å². The molecule has 0 saturated heterocycles. The first kappa shape index (κ1) is 26.0. The summed E-state index contributed by atoms with van der Waals surface area (Å²) < 4.78 is 5.70. The Labute approximate surface area is 201 Å². The van der Waals surface area contributed by atoms with Gasteiger partial charge in [0, 0.05) is 34.1 Å². The van der Waals surface area contributed by atoms with Crippen molar-refractivity contribution in [1.82, 2.24) is 10.2 Å². The van der Waals surface area contributed by atoms with Crippen LogP contribution in [-0.4, -0.2) is 34.9 Å². The van der Waals surface area contributed by atoms with Gasteiger partial charge in [0.15, 0.2) is 0 Å². The molecule has 0 aliphatic carbocycles. The minimum Gasteiger partial charge on any atom is -0.494 e. The standard InChI is InChI=1S/C25H32Cl2N2O3/c1-5-22(24(31)28-25(2,3)4)29(17-19-20(26)13-9-14-21(19)27)23(30)15-10-16-32-18-11-7-6-8-12-18/h6-9,11-14,22H,5,10,15-17H2,1-4H3,(H,28,31)/t22-/m1/s1. The maximum absolute atomic E-state index is 13.3. The Hall–Kier alpha value is -2.24. The van der Waals surface area contributed by atoms with Crippen molar-refractivity contribution in [3.8, 4) is 5.75 Å². The summed E-state index contributed by atoms with van der Waals surface area (Å²) in [6, 6.07) is 14.0. The fourth-order valence-corrected chi connectivity index (χ4v) is 3.82. The molecule has 2 aromatic carbocycles. The number of para-hydroxylation sites is 1. The molecule has 0 radical (unpaired) electrons. The van der Waals surface area contributed by atoms with E-state index in [4.69, 9.17) is 27.9 Å². The third-order valence-corrected chi connectivity index (χ3v) is 5.53. The zero-order valence-electron chi connectivity index (χ0n) is 19.2. The minimum absolute atomic E-state index is 0.145. The van der Waals surface area contributed by atoms with E-state index in [2.05, 4.69) is 5.32 Å². The number of hydrogen-bond donors (Lipinski definition) is 1. The highest BCUT2D eigenvalue weighted by Crippen LogP contribution is 2.27. The smallest absolute Gasteiger partial charge is 0.243 e. The van der Waals surface area contributed by atoms with Gasteiger partial charge < -0.3 is 15.0 Å². The molecule has 0 heterocycles. The molecule has 2 aromatic rings. The zero-order chi connectivity index (χ0) is 23.7. The Morgan fingerprint density at radius 2 is 1.66 bits per heavy atom. The molecular formula is C25H32Cl2N2O3. The van der Waals surface area contributed by atoms with Crippen molar-refractivity contribution < 1.29 is 14.3 Å². The third kappa shape index (κ3) is 8.03. The summed E-state index contributed by atoms with van der Waals surface area (Å²) in [5.74, 6) is 0.418. The van der Waals surface area contributed by atoms with Crippen LogP contribution in [0.2, 0.25) is 10.0 Å². The topological polar surface area (TPSA) is 58.6 Å². The number of rotatable bonds is 10. The van der Waals surface area contributed by atoms with Crippen LogP contribution in [0.15, 0.2) is 48.5 Å².